The molecule has 0 aromatic rings. The van der Waals surface area contributed by atoms with Crippen molar-refractivity contribution in [2.75, 3.05) is 13.2 Å². The van der Waals surface area contributed by atoms with Crippen LogP contribution in [0.25, 0.3) is 0 Å². The fraction of sp³-hybridized carbons (Fsp3) is 0.941. The lowest BCUT2D eigenvalue weighted by molar-refractivity contribution is -0.167. The Morgan fingerprint density at radius 1 is 0.298 bits per heavy atom. The number of unbranched alkanes of at least 4 members (excludes halogenated alkanes) is 27. The van der Waals surface area contributed by atoms with Gasteiger partial charge in [-0.3, -0.25) is 14.4 Å². The monoisotopic (exact) mass is 807 g/mol. The molecule has 0 saturated carbocycles. The smallest absolute Gasteiger partial charge is 0.306 e. The first kappa shape index (κ1) is 55.4. The van der Waals surface area contributed by atoms with Crippen LogP contribution in [0.3, 0.4) is 0 Å². The van der Waals surface area contributed by atoms with Gasteiger partial charge in [-0.15, -0.1) is 0 Å². The van der Waals surface area contributed by atoms with Crippen molar-refractivity contribution >= 4 is 17.9 Å². The minimum absolute atomic E-state index is 0.0655. The van der Waals surface area contributed by atoms with Crippen molar-refractivity contribution in [3.63, 3.8) is 0 Å². The average molecular weight is 807 g/mol. The Bertz CT molecular complexity index is 883. The fourth-order valence-electron chi connectivity index (χ4n) is 7.59. The highest BCUT2D eigenvalue weighted by atomic mass is 16.6. The minimum Gasteiger partial charge on any atom is -0.462 e. The molecule has 57 heavy (non-hydrogen) atoms. The summed E-state index contributed by atoms with van der Waals surface area (Å²) in [5.41, 5.74) is 0. The van der Waals surface area contributed by atoms with Crippen LogP contribution in [0.4, 0.5) is 0 Å². The summed E-state index contributed by atoms with van der Waals surface area (Å²) >= 11 is 0. The zero-order chi connectivity index (χ0) is 42.0. The van der Waals surface area contributed by atoms with Crippen molar-refractivity contribution in [3.8, 4) is 0 Å². The molecule has 0 aromatic heterocycles. The zero-order valence-electron chi connectivity index (χ0n) is 39.1. The van der Waals surface area contributed by atoms with Crippen molar-refractivity contribution in [2.24, 2.45) is 17.8 Å². The predicted molar refractivity (Wildman–Crippen MR) is 243 cm³/mol. The van der Waals surface area contributed by atoms with Crippen LogP contribution in [0.5, 0.6) is 0 Å². The summed E-state index contributed by atoms with van der Waals surface area (Å²) in [5, 5.41) is 0. The van der Waals surface area contributed by atoms with Gasteiger partial charge in [0, 0.05) is 19.3 Å². The van der Waals surface area contributed by atoms with E-state index in [9.17, 15) is 14.4 Å². The van der Waals surface area contributed by atoms with Crippen LogP contribution >= 0.6 is 0 Å². The van der Waals surface area contributed by atoms with E-state index in [0.717, 1.165) is 75.5 Å². The number of ether oxygens (including phenoxy) is 3. The van der Waals surface area contributed by atoms with Crippen LogP contribution in [0, 0.1) is 17.8 Å². The lowest BCUT2D eigenvalue weighted by Crippen LogP contribution is -2.30. The Morgan fingerprint density at radius 2 is 0.509 bits per heavy atom. The average Bonchev–Trinajstić information content (AvgIpc) is 3.16. The van der Waals surface area contributed by atoms with Crippen molar-refractivity contribution in [3.05, 3.63) is 0 Å². The summed E-state index contributed by atoms with van der Waals surface area (Å²) in [4.78, 5) is 37.9. The molecular formula is C51H98O6. The van der Waals surface area contributed by atoms with Crippen LogP contribution in [0.15, 0.2) is 0 Å². The molecule has 1 atom stereocenters. The third kappa shape index (κ3) is 45.3. The Balaban J connectivity index is 4.31. The normalized spacial score (nSPS) is 12.2. The lowest BCUT2D eigenvalue weighted by Gasteiger charge is -2.18. The molecule has 0 aliphatic carbocycles. The summed E-state index contributed by atoms with van der Waals surface area (Å²) in [6.07, 6.45) is 41.0. The molecule has 0 N–H and O–H groups in total. The molecule has 338 valence electrons. The van der Waals surface area contributed by atoms with Gasteiger partial charge >= 0.3 is 17.9 Å². The molecule has 0 aromatic carbocycles. The maximum Gasteiger partial charge on any atom is 0.306 e. The van der Waals surface area contributed by atoms with E-state index in [2.05, 4.69) is 41.5 Å². The van der Waals surface area contributed by atoms with Crippen LogP contribution < -0.4 is 0 Å². The van der Waals surface area contributed by atoms with Gasteiger partial charge in [-0.05, 0) is 37.0 Å². The number of carbonyl (C=O) groups excluding carboxylic acids is 3. The quantitative estimate of drug-likeness (QED) is 0.0347. The molecule has 0 aliphatic rings. The Kier molecular flexibility index (Phi) is 41.3. The van der Waals surface area contributed by atoms with Gasteiger partial charge in [-0.1, -0.05) is 234 Å². The Morgan fingerprint density at radius 3 is 0.754 bits per heavy atom. The fourth-order valence-corrected chi connectivity index (χ4v) is 7.59. The highest BCUT2D eigenvalue weighted by Gasteiger charge is 2.19. The van der Waals surface area contributed by atoms with Crippen molar-refractivity contribution in [1.82, 2.24) is 0 Å². The first-order chi connectivity index (χ1) is 27.6. The van der Waals surface area contributed by atoms with Gasteiger partial charge in [-0.2, -0.15) is 0 Å². The molecule has 0 spiro atoms. The first-order valence-corrected chi connectivity index (χ1v) is 25.1. The number of carbonyl (C=O) groups is 3. The molecule has 0 heterocycles. The molecule has 6 heteroatoms. The highest BCUT2D eigenvalue weighted by molar-refractivity contribution is 5.71. The van der Waals surface area contributed by atoms with E-state index in [4.69, 9.17) is 14.2 Å². The van der Waals surface area contributed by atoms with Gasteiger partial charge < -0.3 is 14.2 Å². The number of hydrogen-bond acceptors (Lipinski definition) is 6. The Hall–Kier alpha value is -1.59. The molecule has 0 amide bonds. The maximum absolute atomic E-state index is 12.8. The maximum atomic E-state index is 12.8. The SMILES string of the molecule is CC(C)CCCCCCCCCCCCCCCC(=O)O[C@H](COC(=O)CCCCCCCCCCCCC(C)C)COC(=O)CCCCCCCCCC(C)C. The highest BCUT2D eigenvalue weighted by Crippen LogP contribution is 2.17. The van der Waals surface area contributed by atoms with Gasteiger partial charge in [0.25, 0.3) is 0 Å². The number of esters is 3. The standard InChI is InChI=1S/C51H98O6/c1-45(2)37-31-25-19-14-10-8-7-9-11-17-23-30-36-42-51(54)57-48(44-56-50(53)41-35-29-24-18-21-27-33-39-47(5)6)43-55-49(52)40-34-28-22-16-13-12-15-20-26-32-38-46(3)4/h45-48H,7-44H2,1-6H3/t48-/m1/s1. The van der Waals surface area contributed by atoms with Crippen molar-refractivity contribution in [1.29, 1.82) is 0 Å². The second-order valence-corrected chi connectivity index (χ2v) is 18.9. The van der Waals surface area contributed by atoms with E-state index in [1.54, 1.807) is 0 Å². The molecule has 0 unspecified atom stereocenters. The van der Waals surface area contributed by atoms with Gasteiger partial charge in [0.1, 0.15) is 13.2 Å². The summed E-state index contributed by atoms with van der Waals surface area (Å²) in [6.45, 7) is 13.7. The van der Waals surface area contributed by atoms with Crippen LogP contribution in [0.2, 0.25) is 0 Å². The van der Waals surface area contributed by atoms with E-state index in [1.165, 1.54) is 154 Å². The van der Waals surface area contributed by atoms with Gasteiger partial charge in [-0.25, -0.2) is 0 Å². The minimum atomic E-state index is -0.762. The molecule has 6 nitrogen and oxygen atoms in total. The van der Waals surface area contributed by atoms with E-state index in [0.29, 0.717) is 19.3 Å². The topological polar surface area (TPSA) is 78.9 Å². The van der Waals surface area contributed by atoms with Gasteiger partial charge in [0.2, 0.25) is 0 Å². The largest absolute Gasteiger partial charge is 0.462 e. The third-order valence-corrected chi connectivity index (χ3v) is 11.4. The molecule has 0 bridgehead atoms. The van der Waals surface area contributed by atoms with E-state index < -0.39 is 6.10 Å². The molecule has 0 saturated heterocycles. The molecule has 0 aliphatic heterocycles. The van der Waals surface area contributed by atoms with Crippen LogP contribution in [-0.4, -0.2) is 37.2 Å². The van der Waals surface area contributed by atoms with Crippen LogP contribution in [-0.2, 0) is 28.6 Å². The molecule has 0 rings (SSSR count). The molecule has 0 radical (unpaired) electrons. The zero-order valence-corrected chi connectivity index (χ0v) is 39.1. The number of hydrogen-bond donors (Lipinski definition) is 0. The lowest BCUT2D eigenvalue weighted by atomic mass is 10.0. The summed E-state index contributed by atoms with van der Waals surface area (Å²) in [6, 6.07) is 0. The number of rotatable bonds is 44. The van der Waals surface area contributed by atoms with Gasteiger partial charge in [0.15, 0.2) is 6.10 Å². The Labute approximate surface area is 355 Å². The molecular weight excluding hydrogens is 709 g/mol. The second-order valence-electron chi connectivity index (χ2n) is 18.9. The van der Waals surface area contributed by atoms with Crippen molar-refractivity contribution in [2.45, 2.75) is 279 Å². The molecule has 0 fully saturated rings. The van der Waals surface area contributed by atoms with E-state index in [1.807, 2.05) is 0 Å². The van der Waals surface area contributed by atoms with E-state index in [-0.39, 0.29) is 31.1 Å². The summed E-state index contributed by atoms with van der Waals surface area (Å²) in [7, 11) is 0. The summed E-state index contributed by atoms with van der Waals surface area (Å²) in [5.74, 6) is 1.58. The predicted octanol–water partition coefficient (Wildman–Crippen LogP) is 16.0. The van der Waals surface area contributed by atoms with Gasteiger partial charge in [0.05, 0.1) is 0 Å². The third-order valence-electron chi connectivity index (χ3n) is 11.4. The van der Waals surface area contributed by atoms with Crippen LogP contribution in [0.1, 0.15) is 273 Å². The van der Waals surface area contributed by atoms with Crippen molar-refractivity contribution < 1.29 is 28.6 Å². The second kappa shape index (κ2) is 42.5. The first-order valence-electron chi connectivity index (χ1n) is 25.1. The van der Waals surface area contributed by atoms with E-state index >= 15 is 0 Å². The summed E-state index contributed by atoms with van der Waals surface area (Å²) < 4.78 is 16.8.